The van der Waals surface area contributed by atoms with E-state index in [0.29, 0.717) is 18.1 Å². The molecule has 0 N–H and O–H groups in total. The molecule has 0 aliphatic carbocycles. The van der Waals surface area contributed by atoms with Crippen LogP contribution in [0.1, 0.15) is 16.0 Å². The van der Waals surface area contributed by atoms with Gasteiger partial charge in [0.15, 0.2) is 0 Å². The van der Waals surface area contributed by atoms with Crippen LogP contribution in [-0.4, -0.2) is 12.5 Å². The number of benzene rings is 1. The fourth-order valence-electron chi connectivity index (χ4n) is 1.90. The molecule has 108 valence electrons. The number of hydrogen-bond acceptors (Lipinski definition) is 3. The Morgan fingerprint density at radius 3 is 2.52 bits per heavy atom. The van der Waals surface area contributed by atoms with Crippen LogP contribution in [0.2, 0.25) is 0 Å². The van der Waals surface area contributed by atoms with Crippen molar-refractivity contribution in [1.29, 1.82) is 0 Å². The van der Waals surface area contributed by atoms with Gasteiger partial charge in [0.1, 0.15) is 6.61 Å². The second-order valence-corrected chi connectivity index (χ2v) is 5.41. The van der Waals surface area contributed by atoms with E-state index in [-0.39, 0.29) is 0 Å². The molecule has 0 amide bonds. The summed E-state index contributed by atoms with van der Waals surface area (Å²) in [4.78, 5) is 5.37. The van der Waals surface area contributed by atoms with Crippen molar-refractivity contribution in [3.05, 3.63) is 63.5 Å². The molecule has 1 aliphatic heterocycles. The van der Waals surface area contributed by atoms with Gasteiger partial charge in [-0.05, 0) is 41.8 Å². The number of rotatable bonds is 2. The first kappa shape index (κ1) is 13.9. The molecule has 6 heteroatoms. The van der Waals surface area contributed by atoms with Crippen molar-refractivity contribution in [1.82, 2.24) is 0 Å². The van der Waals surface area contributed by atoms with Crippen LogP contribution in [0.15, 0.2) is 52.5 Å². The van der Waals surface area contributed by atoms with Gasteiger partial charge in [0, 0.05) is 10.4 Å². The SMILES string of the molecule is FC(F)(F)c1ccc(C2=NC(=Cc3cccs3)CO2)cc1. The zero-order valence-electron chi connectivity index (χ0n) is 10.7. The smallest absolute Gasteiger partial charge is 0.416 e. The maximum absolute atomic E-state index is 12.5. The van der Waals surface area contributed by atoms with Crippen LogP contribution in [0.3, 0.4) is 0 Å². The molecular formula is C15H10F3NOS. The van der Waals surface area contributed by atoms with Gasteiger partial charge >= 0.3 is 6.18 Å². The number of ether oxygens (including phenoxy) is 1. The highest BCUT2D eigenvalue weighted by atomic mass is 32.1. The molecule has 0 fully saturated rings. The largest absolute Gasteiger partial charge is 0.471 e. The van der Waals surface area contributed by atoms with Gasteiger partial charge in [-0.3, -0.25) is 0 Å². The molecule has 2 aromatic rings. The molecule has 0 atom stereocenters. The molecule has 2 nitrogen and oxygen atoms in total. The molecule has 0 bridgehead atoms. The van der Waals surface area contributed by atoms with E-state index in [1.54, 1.807) is 11.3 Å². The molecule has 0 spiro atoms. The fraction of sp³-hybridized carbons (Fsp3) is 0.133. The van der Waals surface area contributed by atoms with Gasteiger partial charge in [-0.25, -0.2) is 4.99 Å². The Balaban J connectivity index is 1.82. The molecule has 0 saturated carbocycles. The van der Waals surface area contributed by atoms with Crippen LogP contribution < -0.4 is 0 Å². The van der Waals surface area contributed by atoms with Gasteiger partial charge in [-0.1, -0.05) is 6.07 Å². The molecule has 2 heterocycles. The highest BCUT2D eigenvalue weighted by molar-refractivity contribution is 7.10. The molecule has 0 saturated heterocycles. The highest BCUT2D eigenvalue weighted by Gasteiger charge is 2.30. The number of thiophene rings is 1. The molecular weight excluding hydrogens is 299 g/mol. The van der Waals surface area contributed by atoms with Gasteiger partial charge in [0.2, 0.25) is 5.90 Å². The van der Waals surface area contributed by atoms with Crippen molar-refractivity contribution in [2.45, 2.75) is 6.18 Å². The number of nitrogens with zero attached hydrogens (tertiary/aromatic N) is 1. The molecule has 3 rings (SSSR count). The normalized spacial score (nSPS) is 16.9. The Morgan fingerprint density at radius 2 is 1.90 bits per heavy atom. The number of halogens is 3. The maximum Gasteiger partial charge on any atom is 0.416 e. The van der Waals surface area contributed by atoms with Gasteiger partial charge < -0.3 is 4.74 Å². The average Bonchev–Trinajstić information content (AvgIpc) is 3.10. The zero-order valence-corrected chi connectivity index (χ0v) is 11.5. The summed E-state index contributed by atoms with van der Waals surface area (Å²) in [6.07, 6.45) is -2.43. The Kier molecular flexibility index (Phi) is 3.55. The minimum absolute atomic E-state index is 0.328. The number of alkyl halides is 3. The van der Waals surface area contributed by atoms with Crippen LogP contribution in [-0.2, 0) is 10.9 Å². The Morgan fingerprint density at radius 1 is 1.14 bits per heavy atom. The van der Waals surface area contributed by atoms with E-state index in [2.05, 4.69) is 4.99 Å². The lowest BCUT2D eigenvalue weighted by Gasteiger charge is -2.07. The summed E-state index contributed by atoms with van der Waals surface area (Å²) in [5.41, 5.74) is 0.615. The van der Waals surface area contributed by atoms with Crippen LogP contribution in [0.5, 0.6) is 0 Å². The van der Waals surface area contributed by atoms with Gasteiger partial charge in [-0.15, -0.1) is 11.3 Å². The van der Waals surface area contributed by atoms with Crippen molar-refractivity contribution in [3.8, 4) is 0 Å². The third-order valence-electron chi connectivity index (χ3n) is 2.91. The first-order valence-corrected chi connectivity index (χ1v) is 7.03. The summed E-state index contributed by atoms with van der Waals surface area (Å²) in [7, 11) is 0. The topological polar surface area (TPSA) is 21.6 Å². The third-order valence-corrected chi connectivity index (χ3v) is 3.73. The molecule has 1 aromatic heterocycles. The summed E-state index contributed by atoms with van der Waals surface area (Å²) in [6, 6.07) is 8.70. The van der Waals surface area contributed by atoms with Gasteiger partial charge in [0.25, 0.3) is 0 Å². The first-order chi connectivity index (χ1) is 10.0. The summed E-state index contributed by atoms with van der Waals surface area (Å²) >= 11 is 1.59. The standard InChI is InChI=1S/C15H10F3NOS/c16-15(17,18)11-5-3-10(4-6-11)14-19-12(9-20-14)8-13-2-1-7-21-13/h1-8H,9H2. The average molecular weight is 309 g/mol. The lowest BCUT2D eigenvalue weighted by Crippen LogP contribution is -2.06. The van der Waals surface area contributed by atoms with E-state index in [9.17, 15) is 13.2 Å². The lowest BCUT2D eigenvalue weighted by molar-refractivity contribution is -0.137. The second-order valence-electron chi connectivity index (χ2n) is 4.43. The van der Waals surface area contributed by atoms with Crippen molar-refractivity contribution in [2.24, 2.45) is 4.99 Å². The number of hydrogen-bond donors (Lipinski definition) is 0. The minimum Gasteiger partial charge on any atom is -0.471 e. The van der Waals surface area contributed by atoms with E-state index in [1.165, 1.54) is 12.1 Å². The Bertz CT molecular complexity index is 685. The predicted molar refractivity (Wildman–Crippen MR) is 76.2 cm³/mol. The third kappa shape index (κ3) is 3.16. The van der Waals surface area contributed by atoms with Crippen molar-refractivity contribution in [2.75, 3.05) is 6.61 Å². The quantitative estimate of drug-likeness (QED) is 0.795. The van der Waals surface area contributed by atoms with Crippen LogP contribution in [0, 0.1) is 0 Å². The zero-order chi connectivity index (χ0) is 14.9. The Labute approximate surface area is 123 Å². The lowest BCUT2D eigenvalue weighted by atomic mass is 10.1. The summed E-state index contributed by atoms with van der Waals surface area (Å²) < 4.78 is 42.9. The molecule has 21 heavy (non-hydrogen) atoms. The molecule has 1 aromatic carbocycles. The van der Waals surface area contributed by atoms with Crippen LogP contribution in [0.4, 0.5) is 13.2 Å². The second kappa shape index (κ2) is 5.37. The van der Waals surface area contributed by atoms with Crippen LogP contribution in [0.25, 0.3) is 6.08 Å². The first-order valence-electron chi connectivity index (χ1n) is 6.15. The maximum atomic E-state index is 12.5. The van der Waals surface area contributed by atoms with E-state index < -0.39 is 11.7 Å². The summed E-state index contributed by atoms with van der Waals surface area (Å²) in [5, 5.41) is 1.96. The Hall–Kier alpha value is -2.08. The minimum atomic E-state index is -4.33. The van der Waals surface area contributed by atoms with Crippen molar-refractivity contribution < 1.29 is 17.9 Å². The summed E-state index contributed by atoms with van der Waals surface area (Å²) in [6.45, 7) is 0.328. The predicted octanol–water partition coefficient (Wildman–Crippen LogP) is 4.58. The van der Waals surface area contributed by atoms with Crippen LogP contribution >= 0.6 is 11.3 Å². The van der Waals surface area contributed by atoms with Crippen molar-refractivity contribution >= 4 is 23.3 Å². The highest BCUT2D eigenvalue weighted by Crippen LogP contribution is 2.29. The fourth-order valence-corrected chi connectivity index (χ4v) is 2.57. The molecule has 0 unspecified atom stereocenters. The monoisotopic (exact) mass is 309 g/mol. The number of aliphatic imine (C=N–C) groups is 1. The van der Waals surface area contributed by atoms with Crippen molar-refractivity contribution in [3.63, 3.8) is 0 Å². The molecule has 1 aliphatic rings. The van der Waals surface area contributed by atoms with E-state index in [1.807, 2.05) is 23.6 Å². The summed E-state index contributed by atoms with van der Waals surface area (Å²) in [5.74, 6) is 0.353. The van der Waals surface area contributed by atoms with E-state index >= 15 is 0 Å². The molecule has 0 radical (unpaired) electrons. The van der Waals surface area contributed by atoms with Gasteiger partial charge in [0.05, 0.1) is 11.3 Å². The van der Waals surface area contributed by atoms with Gasteiger partial charge in [-0.2, -0.15) is 13.2 Å². The van der Waals surface area contributed by atoms with E-state index in [4.69, 9.17) is 4.74 Å². The van der Waals surface area contributed by atoms with E-state index in [0.717, 1.165) is 22.7 Å².